The summed E-state index contributed by atoms with van der Waals surface area (Å²) in [7, 11) is -3.68. The van der Waals surface area contributed by atoms with Gasteiger partial charge >= 0.3 is 0 Å². The van der Waals surface area contributed by atoms with Crippen LogP contribution in [0.2, 0.25) is 5.02 Å². The van der Waals surface area contributed by atoms with E-state index in [2.05, 4.69) is 4.72 Å². The fraction of sp³-hybridized carbons (Fsp3) is 0.500. The Morgan fingerprint density at radius 2 is 2.26 bits per heavy atom. The molecule has 7 heteroatoms. The maximum atomic E-state index is 12.2. The highest BCUT2D eigenvalue weighted by Crippen LogP contribution is 2.26. The van der Waals surface area contributed by atoms with Gasteiger partial charge in [0.05, 0.1) is 10.6 Å². The molecule has 1 aliphatic rings. The normalized spacial score (nSPS) is 23.7. The zero-order chi connectivity index (χ0) is 14.1. The molecule has 19 heavy (non-hydrogen) atoms. The van der Waals surface area contributed by atoms with Crippen molar-refractivity contribution in [3.8, 4) is 0 Å². The summed E-state index contributed by atoms with van der Waals surface area (Å²) in [5.41, 5.74) is 5.50. The van der Waals surface area contributed by atoms with Crippen LogP contribution in [0.3, 0.4) is 0 Å². The topological polar surface area (TPSA) is 81.4 Å². The van der Waals surface area contributed by atoms with E-state index in [4.69, 9.17) is 22.1 Å². The van der Waals surface area contributed by atoms with Crippen LogP contribution < -0.4 is 10.5 Å². The van der Waals surface area contributed by atoms with Crippen molar-refractivity contribution >= 4 is 27.3 Å². The Bertz CT molecular complexity index is 568. The molecule has 3 N–H and O–H groups in total. The minimum atomic E-state index is -3.68. The van der Waals surface area contributed by atoms with Crippen LogP contribution in [-0.4, -0.2) is 27.2 Å². The molecule has 0 spiro atoms. The summed E-state index contributed by atoms with van der Waals surface area (Å²) in [6.07, 6.45) is 1.78. The number of anilines is 1. The van der Waals surface area contributed by atoms with Crippen molar-refractivity contribution in [2.75, 3.05) is 18.9 Å². The Morgan fingerprint density at radius 1 is 1.53 bits per heavy atom. The van der Waals surface area contributed by atoms with E-state index in [0.29, 0.717) is 12.3 Å². The van der Waals surface area contributed by atoms with Crippen LogP contribution in [0.1, 0.15) is 19.8 Å². The highest BCUT2D eigenvalue weighted by Gasteiger charge is 2.31. The number of sulfonamides is 1. The summed E-state index contributed by atoms with van der Waals surface area (Å²) in [6.45, 7) is 2.78. The summed E-state index contributed by atoms with van der Waals surface area (Å²) < 4.78 is 32.5. The van der Waals surface area contributed by atoms with E-state index < -0.39 is 15.6 Å². The molecule has 106 valence electrons. The third-order valence-electron chi connectivity index (χ3n) is 3.18. The number of benzene rings is 1. The van der Waals surface area contributed by atoms with Gasteiger partial charge in [0.25, 0.3) is 0 Å². The van der Waals surface area contributed by atoms with Crippen molar-refractivity contribution < 1.29 is 13.2 Å². The second kappa shape index (κ2) is 5.28. The summed E-state index contributed by atoms with van der Waals surface area (Å²) in [5, 5.41) is 0.152. The number of nitrogen functional groups attached to an aromatic ring is 1. The first-order chi connectivity index (χ1) is 8.82. The molecular weight excluding hydrogens is 288 g/mol. The van der Waals surface area contributed by atoms with Crippen LogP contribution >= 0.6 is 11.6 Å². The molecular formula is C12H17ClN2O3S. The fourth-order valence-electron chi connectivity index (χ4n) is 2.03. The Morgan fingerprint density at radius 3 is 2.89 bits per heavy atom. The molecule has 1 aromatic carbocycles. The van der Waals surface area contributed by atoms with Crippen molar-refractivity contribution in [1.82, 2.24) is 4.72 Å². The maximum absolute atomic E-state index is 12.2. The van der Waals surface area contributed by atoms with E-state index >= 15 is 0 Å². The fourth-order valence-corrected chi connectivity index (χ4v) is 3.72. The van der Waals surface area contributed by atoms with E-state index in [-0.39, 0.29) is 16.5 Å². The lowest BCUT2D eigenvalue weighted by molar-refractivity contribution is 0.0250. The molecule has 1 atom stereocenters. The number of hydrogen-bond acceptors (Lipinski definition) is 4. The summed E-state index contributed by atoms with van der Waals surface area (Å²) >= 11 is 5.90. The Balaban J connectivity index is 2.16. The minimum Gasteiger partial charge on any atom is -0.399 e. The van der Waals surface area contributed by atoms with Gasteiger partial charge < -0.3 is 10.5 Å². The molecule has 0 aromatic heterocycles. The Hall–Kier alpha value is -0.820. The monoisotopic (exact) mass is 304 g/mol. The molecule has 1 heterocycles. The highest BCUT2D eigenvalue weighted by atomic mass is 35.5. The van der Waals surface area contributed by atoms with E-state index in [1.807, 2.05) is 6.92 Å². The predicted molar refractivity (Wildman–Crippen MR) is 74.6 cm³/mol. The van der Waals surface area contributed by atoms with Crippen LogP contribution in [0.25, 0.3) is 0 Å². The van der Waals surface area contributed by atoms with Crippen molar-refractivity contribution in [2.24, 2.45) is 0 Å². The predicted octanol–water partition coefficient (Wildman–Crippen LogP) is 1.77. The lowest BCUT2D eigenvalue weighted by Crippen LogP contribution is -2.40. The van der Waals surface area contributed by atoms with Gasteiger partial charge in [0.15, 0.2) is 0 Å². The number of ether oxygens (including phenoxy) is 1. The third kappa shape index (κ3) is 3.39. The van der Waals surface area contributed by atoms with Gasteiger partial charge in [-0.05, 0) is 38.0 Å². The Labute approximate surface area is 118 Å². The van der Waals surface area contributed by atoms with Gasteiger partial charge in [0, 0.05) is 18.8 Å². The number of nitrogens with one attached hydrogen (secondary N) is 1. The van der Waals surface area contributed by atoms with Crippen LogP contribution in [0.15, 0.2) is 23.1 Å². The van der Waals surface area contributed by atoms with Crippen LogP contribution in [0.4, 0.5) is 5.69 Å². The van der Waals surface area contributed by atoms with Gasteiger partial charge in [-0.2, -0.15) is 0 Å². The molecule has 0 radical (unpaired) electrons. The van der Waals surface area contributed by atoms with Gasteiger partial charge in [-0.1, -0.05) is 11.6 Å². The average molecular weight is 305 g/mol. The maximum Gasteiger partial charge on any atom is 0.242 e. The molecule has 1 unspecified atom stereocenters. The van der Waals surface area contributed by atoms with Crippen molar-refractivity contribution in [2.45, 2.75) is 30.3 Å². The SMILES string of the molecule is CC1(CNS(=O)(=O)c2cc(N)ccc2Cl)CCCO1. The summed E-state index contributed by atoms with van der Waals surface area (Å²) in [6, 6.07) is 4.38. The first-order valence-electron chi connectivity index (χ1n) is 6.01. The number of halogens is 1. The van der Waals surface area contributed by atoms with Gasteiger partial charge in [-0.25, -0.2) is 13.1 Å². The molecule has 0 bridgehead atoms. The molecule has 1 aliphatic heterocycles. The Kier molecular flexibility index (Phi) is 4.06. The number of nitrogens with two attached hydrogens (primary N) is 1. The van der Waals surface area contributed by atoms with E-state index in [9.17, 15) is 8.42 Å². The minimum absolute atomic E-state index is 0.00392. The number of hydrogen-bond donors (Lipinski definition) is 2. The largest absolute Gasteiger partial charge is 0.399 e. The second-order valence-corrected chi connectivity index (χ2v) is 7.06. The van der Waals surface area contributed by atoms with Crippen molar-refractivity contribution in [3.63, 3.8) is 0 Å². The molecule has 1 aromatic rings. The lowest BCUT2D eigenvalue weighted by atomic mass is 10.0. The molecule has 1 fully saturated rings. The third-order valence-corrected chi connectivity index (χ3v) is 5.06. The van der Waals surface area contributed by atoms with E-state index in [1.54, 1.807) is 6.07 Å². The van der Waals surface area contributed by atoms with Gasteiger partial charge in [0.2, 0.25) is 10.0 Å². The van der Waals surface area contributed by atoms with Gasteiger partial charge in [-0.15, -0.1) is 0 Å². The molecule has 0 aliphatic carbocycles. The summed E-state index contributed by atoms with van der Waals surface area (Å²) in [4.78, 5) is -0.00392. The first-order valence-corrected chi connectivity index (χ1v) is 7.87. The first kappa shape index (κ1) is 14.6. The van der Waals surface area contributed by atoms with E-state index in [0.717, 1.165) is 12.8 Å². The quantitative estimate of drug-likeness (QED) is 0.831. The van der Waals surface area contributed by atoms with Crippen LogP contribution in [0, 0.1) is 0 Å². The highest BCUT2D eigenvalue weighted by molar-refractivity contribution is 7.89. The smallest absolute Gasteiger partial charge is 0.242 e. The molecule has 0 amide bonds. The molecule has 1 saturated heterocycles. The summed E-state index contributed by atoms with van der Waals surface area (Å²) in [5.74, 6) is 0. The molecule has 2 rings (SSSR count). The van der Waals surface area contributed by atoms with Crippen molar-refractivity contribution in [1.29, 1.82) is 0 Å². The second-order valence-electron chi connectivity index (χ2n) is 4.92. The van der Waals surface area contributed by atoms with E-state index in [1.165, 1.54) is 12.1 Å². The van der Waals surface area contributed by atoms with Crippen molar-refractivity contribution in [3.05, 3.63) is 23.2 Å². The number of rotatable bonds is 4. The van der Waals surface area contributed by atoms with Gasteiger partial charge in [-0.3, -0.25) is 0 Å². The van der Waals surface area contributed by atoms with Crippen LogP contribution in [-0.2, 0) is 14.8 Å². The van der Waals surface area contributed by atoms with Gasteiger partial charge in [0.1, 0.15) is 4.90 Å². The zero-order valence-electron chi connectivity index (χ0n) is 10.6. The average Bonchev–Trinajstić information content (AvgIpc) is 2.78. The molecule has 0 saturated carbocycles. The zero-order valence-corrected chi connectivity index (χ0v) is 12.2. The lowest BCUT2D eigenvalue weighted by Gasteiger charge is -2.23. The molecule has 5 nitrogen and oxygen atoms in total. The van der Waals surface area contributed by atoms with Crippen LogP contribution in [0.5, 0.6) is 0 Å². The standard InChI is InChI=1S/C12H17ClN2O3S/c1-12(5-2-6-18-12)8-15-19(16,17)11-7-9(14)3-4-10(11)13/h3-4,7,15H,2,5-6,8,14H2,1H3.